The van der Waals surface area contributed by atoms with Crippen LogP contribution in [0.2, 0.25) is 0 Å². The van der Waals surface area contributed by atoms with Gasteiger partial charge in [-0.1, -0.05) is 12.8 Å². The highest BCUT2D eigenvalue weighted by Gasteiger charge is 2.17. The number of carbonyl (C=O) groups is 1. The summed E-state index contributed by atoms with van der Waals surface area (Å²) < 4.78 is 11.5. The highest BCUT2D eigenvalue weighted by molar-refractivity contribution is 9.10. The predicted molar refractivity (Wildman–Crippen MR) is 100 cm³/mol. The molecule has 0 heterocycles. The van der Waals surface area contributed by atoms with Crippen molar-refractivity contribution in [1.29, 1.82) is 0 Å². The van der Waals surface area contributed by atoms with E-state index in [9.17, 15) is 4.79 Å². The Labute approximate surface area is 155 Å². The third-order valence-corrected chi connectivity index (χ3v) is 4.57. The van der Waals surface area contributed by atoms with Crippen LogP contribution in [0.25, 0.3) is 0 Å². The Hall–Kier alpha value is -1.54. The normalized spacial score (nSPS) is 14.1. The van der Waals surface area contributed by atoms with Crippen LogP contribution in [0.5, 0.6) is 11.5 Å². The first-order valence-corrected chi connectivity index (χ1v) is 9.12. The largest absolute Gasteiger partial charge is 0.493 e. The zero-order chi connectivity index (χ0) is 17.5. The Morgan fingerprint density at radius 2 is 2.04 bits per heavy atom. The molecule has 0 aromatic heterocycles. The van der Waals surface area contributed by atoms with Crippen molar-refractivity contribution in [3.05, 3.63) is 22.2 Å². The molecule has 0 spiro atoms. The molecular formula is C16H22BrN3O3S. The average molecular weight is 416 g/mol. The van der Waals surface area contributed by atoms with Gasteiger partial charge in [0, 0.05) is 11.6 Å². The van der Waals surface area contributed by atoms with Crippen LogP contribution < -0.4 is 25.6 Å². The molecule has 0 saturated heterocycles. The topological polar surface area (TPSA) is 71.6 Å². The van der Waals surface area contributed by atoms with Crippen molar-refractivity contribution in [3.63, 3.8) is 0 Å². The SMILES string of the molecule is CCOc1c(Br)cc(C(=O)NNC(=S)NC2CCCC2)cc1OC. The number of hydrazine groups is 1. The van der Waals surface area contributed by atoms with E-state index in [0.29, 0.717) is 39.3 Å². The van der Waals surface area contributed by atoms with E-state index in [1.165, 1.54) is 20.0 Å². The lowest BCUT2D eigenvalue weighted by atomic mass is 10.2. The van der Waals surface area contributed by atoms with E-state index in [1.54, 1.807) is 12.1 Å². The van der Waals surface area contributed by atoms with Gasteiger partial charge < -0.3 is 14.8 Å². The second kappa shape index (κ2) is 9.08. The molecule has 2 rings (SSSR count). The number of carbonyl (C=O) groups excluding carboxylic acids is 1. The van der Waals surface area contributed by atoms with Gasteiger partial charge in [-0.15, -0.1) is 0 Å². The Morgan fingerprint density at radius 3 is 2.67 bits per heavy atom. The van der Waals surface area contributed by atoms with E-state index >= 15 is 0 Å². The van der Waals surface area contributed by atoms with Gasteiger partial charge in [0.25, 0.3) is 5.91 Å². The molecule has 1 aliphatic carbocycles. The number of nitrogens with one attached hydrogen (secondary N) is 3. The maximum atomic E-state index is 12.3. The Balaban J connectivity index is 1.96. The lowest BCUT2D eigenvalue weighted by Crippen LogP contribution is -2.49. The molecule has 1 aromatic rings. The Bertz CT molecular complexity index is 606. The monoisotopic (exact) mass is 415 g/mol. The van der Waals surface area contributed by atoms with Crippen LogP contribution in [-0.4, -0.2) is 30.8 Å². The second-order valence-corrected chi connectivity index (χ2v) is 6.72. The van der Waals surface area contributed by atoms with Crippen LogP contribution >= 0.6 is 28.1 Å². The van der Waals surface area contributed by atoms with Crippen LogP contribution in [0.15, 0.2) is 16.6 Å². The highest BCUT2D eigenvalue weighted by Crippen LogP contribution is 2.36. The lowest BCUT2D eigenvalue weighted by Gasteiger charge is -2.17. The van der Waals surface area contributed by atoms with Crippen molar-refractivity contribution in [3.8, 4) is 11.5 Å². The molecule has 8 heteroatoms. The predicted octanol–water partition coefficient (Wildman–Crippen LogP) is 2.91. The van der Waals surface area contributed by atoms with Crippen molar-refractivity contribution in [2.75, 3.05) is 13.7 Å². The van der Waals surface area contributed by atoms with E-state index in [0.717, 1.165) is 12.8 Å². The summed E-state index contributed by atoms with van der Waals surface area (Å²) in [6.07, 6.45) is 4.65. The van der Waals surface area contributed by atoms with Gasteiger partial charge in [0.05, 0.1) is 18.2 Å². The molecule has 0 atom stereocenters. The smallest absolute Gasteiger partial charge is 0.269 e. The van der Waals surface area contributed by atoms with Gasteiger partial charge in [0.2, 0.25) is 0 Å². The first kappa shape index (κ1) is 18.8. The molecule has 1 aromatic carbocycles. The summed E-state index contributed by atoms with van der Waals surface area (Å²) >= 11 is 8.60. The molecule has 0 radical (unpaired) electrons. The standard InChI is InChI=1S/C16H22BrN3O3S/c1-3-23-14-12(17)8-10(9-13(14)22-2)15(21)19-20-16(24)18-11-6-4-5-7-11/h8-9,11H,3-7H2,1-2H3,(H,19,21)(H2,18,20,24). The Kier molecular flexibility index (Phi) is 7.11. The Morgan fingerprint density at radius 1 is 1.33 bits per heavy atom. The quantitative estimate of drug-likeness (QED) is 0.507. The van der Waals surface area contributed by atoms with Crippen molar-refractivity contribution in [2.45, 2.75) is 38.6 Å². The molecule has 6 nitrogen and oxygen atoms in total. The zero-order valence-electron chi connectivity index (χ0n) is 13.8. The third kappa shape index (κ3) is 4.98. The molecular weight excluding hydrogens is 394 g/mol. The van der Waals surface area contributed by atoms with E-state index in [1.807, 2.05) is 6.92 Å². The first-order chi connectivity index (χ1) is 11.5. The van der Waals surface area contributed by atoms with Crippen molar-refractivity contribution in [2.24, 2.45) is 0 Å². The third-order valence-electron chi connectivity index (χ3n) is 3.76. The summed E-state index contributed by atoms with van der Waals surface area (Å²) in [6, 6.07) is 3.69. The van der Waals surface area contributed by atoms with Crippen molar-refractivity contribution in [1.82, 2.24) is 16.2 Å². The molecule has 1 fully saturated rings. The maximum absolute atomic E-state index is 12.3. The fourth-order valence-corrected chi connectivity index (χ4v) is 3.39. The van der Waals surface area contributed by atoms with E-state index in [2.05, 4.69) is 32.1 Å². The minimum atomic E-state index is -0.312. The number of ether oxygens (including phenoxy) is 2. The number of thiocarbonyl (C=S) groups is 1. The van der Waals surface area contributed by atoms with Gasteiger partial charge >= 0.3 is 0 Å². The number of methoxy groups -OCH3 is 1. The van der Waals surface area contributed by atoms with E-state index < -0.39 is 0 Å². The van der Waals surface area contributed by atoms with Gasteiger partial charge in [-0.25, -0.2) is 0 Å². The second-order valence-electron chi connectivity index (χ2n) is 5.46. The summed E-state index contributed by atoms with van der Waals surface area (Å²) in [4.78, 5) is 12.3. The number of rotatable bonds is 5. The molecule has 0 unspecified atom stereocenters. The van der Waals surface area contributed by atoms with Crippen LogP contribution in [0.1, 0.15) is 43.0 Å². The van der Waals surface area contributed by atoms with Gasteiger partial charge in [0.15, 0.2) is 16.6 Å². The van der Waals surface area contributed by atoms with E-state index in [-0.39, 0.29) is 5.91 Å². The highest BCUT2D eigenvalue weighted by atomic mass is 79.9. The van der Waals surface area contributed by atoms with Crippen LogP contribution in [0, 0.1) is 0 Å². The summed E-state index contributed by atoms with van der Waals surface area (Å²) in [6.45, 7) is 2.39. The minimum absolute atomic E-state index is 0.312. The number of amides is 1. The van der Waals surface area contributed by atoms with Gasteiger partial charge in [-0.05, 0) is 60.0 Å². The average Bonchev–Trinajstić information content (AvgIpc) is 3.07. The van der Waals surface area contributed by atoms with Crippen molar-refractivity contribution >= 4 is 39.2 Å². The van der Waals surface area contributed by atoms with E-state index in [4.69, 9.17) is 21.7 Å². The summed E-state index contributed by atoms with van der Waals surface area (Å²) in [5.41, 5.74) is 5.76. The van der Waals surface area contributed by atoms with Gasteiger partial charge in [-0.2, -0.15) is 0 Å². The zero-order valence-corrected chi connectivity index (χ0v) is 16.2. The number of benzene rings is 1. The van der Waals surface area contributed by atoms with Crippen molar-refractivity contribution < 1.29 is 14.3 Å². The summed E-state index contributed by atoms with van der Waals surface area (Å²) in [5.74, 6) is 0.749. The van der Waals surface area contributed by atoms with Crippen LogP contribution in [0.3, 0.4) is 0 Å². The molecule has 1 saturated carbocycles. The lowest BCUT2D eigenvalue weighted by molar-refractivity contribution is 0.0943. The fourth-order valence-electron chi connectivity index (χ4n) is 2.61. The van der Waals surface area contributed by atoms with Crippen LogP contribution in [-0.2, 0) is 0 Å². The number of halogens is 1. The molecule has 1 amide bonds. The molecule has 24 heavy (non-hydrogen) atoms. The molecule has 0 aliphatic heterocycles. The maximum Gasteiger partial charge on any atom is 0.269 e. The molecule has 3 N–H and O–H groups in total. The van der Waals surface area contributed by atoms with Crippen LogP contribution in [0.4, 0.5) is 0 Å². The van der Waals surface area contributed by atoms with Gasteiger partial charge in [0.1, 0.15) is 0 Å². The summed E-state index contributed by atoms with van der Waals surface area (Å²) in [5, 5.41) is 3.62. The molecule has 0 bridgehead atoms. The summed E-state index contributed by atoms with van der Waals surface area (Å²) in [7, 11) is 1.53. The molecule has 132 valence electrons. The minimum Gasteiger partial charge on any atom is -0.493 e. The first-order valence-electron chi connectivity index (χ1n) is 7.92. The fraction of sp³-hybridized carbons (Fsp3) is 0.500. The number of hydrogen-bond acceptors (Lipinski definition) is 4. The number of hydrogen-bond donors (Lipinski definition) is 3. The molecule has 1 aliphatic rings. The van der Waals surface area contributed by atoms with Gasteiger partial charge in [-0.3, -0.25) is 15.6 Å².